The Kier molecular flexibility index (Phi) is 3.32. The van der Waals surface area contributed by atoms with E-state index in [-0.39, 0.29) is 0 Å². The fourth-order valence-electron chi connectivity index (χ4n) is 2.39. The van der Waals surface area contributed by atoms with Crippen LogP contribution in [0.5, 0.6) is 0 Å². The molecular weight excluding hydrogens is 266 g/mol. The smallest absolute Gasteiger partial charge is 0.0727 e. The van der Waals surface area contributed by atoms with Gasteiger partial charge in [-0.15, -0.1) is 11.3 Å². The Hall–Kier alpha value is -2.07. The van der Waals surface area contributed by atoms with Gasteiger partial charge in [-0.1, -0.05) is 6.07 Å². The van der Waals surface area contributed by atoms with Gasteiger partial charge >= 0.3 is 0 Å². The fraction of sp³-hybridized carbons (Fsp3) is 0.188. The molecule has 3 rings (SSSR count). The molecule has 102 valence electrons. The lowest BCUT2D eigenvalue weighted by Crippen LogP contribution is -2.16. The van der Waals surface area contributed by atoms with E-state index < -0.39 is 0 Å². The van der Waals surface area contributed by atoms with Gasteiger partial charge in [-0.2, -0.15) is 0 Å². The molecule has 0 spiro atoms. The summed E-state index contributed by atoms with van der Waals surface area (Å²) >= 11 is 1.78. The van der Waals surface area contributed by atoms with Gasteiger partial charge in [-0.05, 0) is 42.6 Å². The van der Waals surface area contributed by atoms with Crippen molar-refractivity contribution in [2.45, 2.75) is 13.5 Å². The predicted molar refractivity (Wildman–Crippen MR) is 87.3 cm³/mol. The number of nitrogens with zero attached hydrogens (tertiary/aromatic N) is 2. The van der Waals surface area contributed by atoms with Crippen LogP contribution in [0.25, 0.3) is 10.9 Å². The second-order valence-corrected chi connectivity index (χ2v) is 6.03. The third-order valence-corrected chi connectivity index (χ3v) is 4.18. The Labute approximate surface area is 122 Å². The SMILES string of the molecule is Cc1cc(N(C)Cc2cccs2)c2cc(N)ccc2n1. The molecule has 0 radical (unpaired) electrons. The molecule has 0 aliphatic rings. The highest BCUT2D eigenvalue weighted by Crippen LogP contribution is 2.29. The maximum atomic E-state index is 5.92. The molecular formula is C16H17N3S. The van der Waals surface area contributed by atoms with E-state index in [1.807, 2.05) is 25.1 Å². The van der Waals surface area contributed by atoms with Crippen molar-refractivity contribution in [2.75, 3.05) is 17.7 Å². The number of rotatable bonds is 3. The average Bonchev–Trinajstić information content (AvgIpc) is 2.91. The van der Waals surface area contributed by atoms with Gasteiger partial charge in [0.2, 0.25) is 0 Å². The van der Waals surface area contributed by atoms with Crippen LogP contribution >= 0.6 is 11.3 Å². The normalized spacial score (nSPS) is 10.9. The number of benzene rings is 1. The zero-order valence-corrected chi connectivity index (χ0v) is 12.4. The van der Waals surface area contributed by atoms with Crippen molar-refractivity contribution in [2.24, 2.45) is 0 Å². The minimum atomic E-state index is 0.772. The van der Waals surface area contributed by atoms with Crippen molar-refractivity contribution < 1.29 is 0 Å². The second-order valence-electron chi connectivity index (χ2n) is 4.99. The highest BCUT2D eigenvalue weighted by Gasteiger charge is 2.10. The molecule has 0 bridgehead atoms. The summed E-state index contributed by atoms with van der Waals surface area (Å²) in [6.45, 7) is 2.92. The van der Waals surface area contributed by atoms with Crippen LogP contribution < -0.4 is 10.6 Å². The fourth-order valence-corrected chi connectivity index (χ4v) is 3.15. The maximum Gasteiger partial charge on any atom is 0.0727 e. The number of hydrogen-bond acceptors (Lipinski definition) is 4. The number of nitrogen functional groups attached to an aromatic ring is 1. The Balaban J connectivity index is 2.07. The summed E-state index contributed by atoms with van der Waals surface area (Å²) in [7, 11) is 2.11. The van der Waals surface area contributed by atoms with Gasteiger partial charge in [0.05, 0.1) is 12.1 Å². The van der Waals surface area contributed by atoms with Crippen LogP contribution in [0.4, 0.5) is 11.4 Å². The molecule has 0 fully saturated rings. The third kappa shape index (κ3) is 2.47. The van der Waals surface area contributed by atoms with E-state index in [4.69, 9.17) is 5.73 Å². The molecule has 0 saturated heterocycles. The first-order chi connectivity index (χ1) is 9.63. The largest absolute Gasteiger partial charge is 0.399 e. The third-order valence-electron chi connectivity index (χ3n) is 3.32. The number of fused-ring (bicyclic) bond motifs is 1. The first kappa shape index (κ1) is 12.9. The van der Waals surface area contributed by atoms with Gasteiger partial charge in [0.1, 0.15) is 0 Å². The van der Waals surface area contributed by atoms with Gasteiger partial charge in [0.25, 0.3) is 0 Å². The number of pyridine rings is 1. The summed E-state index contributed by atoms with van der Waals surface area (Å²) in [6, 6.07) is 12.3. The predicted octanol–water partition coefficient (Wildman–Crippen LogP) is 3.82. The molecule has 0 amide bonds. The Morgan fingerprint density at radius 2 is 2.10 bits per heavy atom. The van der Waals surface area contributed by atoms with E-state index in [0.29, 0.717) is 0 Å². The molecule has 0 unspecified atom stereocenters. The van der Waals surface area contributed by atoms with E-state index >= 15 is 0 Å². The van der Waals surface area contributed by atoms with Crippen LogP contribution in [0.3, 0.4) is 0 Å². The molecule has 0 aliphatic heterocycles. The van der Waals surface area contributed by atoms with Crippen LogP contribution in [0.2, 0.25) is 0 Å². The molecule has 20 heavy (non-hydrogen) atoms. The molecule has 3 nitrogen and oxygen atoms in total. The van der Waals surface area contributed by atoms with Gasteiger partial charge in [0.15, 0.2) is 0 Å². The summed E-state index contributed by atoms with van der Waals surface area (Å²) in [4.78, 5) is 8.18. The van der Waals surface area contributed by atoms with Gasteiger partial charge < -0.3 is 10.6 Å². The number of hydrogen-bond donors (Lipinski definition) is 1. The van der Waals surface area contributed by atoms with Crippen molar-refractivity contribution in [3.63, 3.8) is 0 Å². The van der Waals surface area contributed by atoms with Crippen LogP contribution in [0, 0.1) is 6.92 Å². The average molecular weight is 283 g/mol. The van der Waals surface area contributed by atoms with E-state index in [9.17, 15) is 0 Å². The van der Waals surface area contributed by atoms with E-state index in [2.05, 4.69) is 40.5 Å². The van der Waals surface area contributed by atoms with E-state index in [0.717, 1.165) is 28.8 Å². The van der Waals surface area contributed by atoms with Gasteiger partial charge in [-0.3, -0.25) is 4.98 Å². The van der Waals surface area contributed by atoms with Crippen molar-refractivity contribution >= 4 is 33.6 Å². The number of aromatic nitrogens is 1. The van der Waals surface area contributed by atoms with Crippen LogP contribution in [0.15, 0.2) is 41.8 Å². The van der Waals surface area contributed by atoms with Crippen LogP contribution in [0.1, 0.15) is 10.6 Å². The van der Waals surface area contributed by atoms with Crippen molar-refractivity contribution in [1.29, 1.82) is 0 Å². The minimum absolute atomic E-state index is 0.772. The lowest BCUT2D eigenvalue weighted by molar-refractivity contribution is 0.942. The van der Waals surface area contributed by atoms with Gasteiger partial charge in [-0.25, -0.2) is 0 Å². The molecule has 2 heterocycles. The molecule has 0 atom stereocenters. The van der Waals surface area contributed by atoms with Crippen molar-refractivity contribution in [3.8, 4) is 0 Å². The van der Waals surface area contributed by atoms with Crippen LogP contribution in [-0.2, 0) is 6.54 Å². The quantitative estimate of drug-likeness (QED) is 0.743. The Morgan fingerprint density at radius 3 is 2.85 bits per heavy atom. The zero-order chi connectivity index (χ0) is 14.1. The minimum Gasteiger partial charge on any atom is -0.399 e. The van der Waals surface area contributed by atoms with Crippen molar-refractivity contribution in [3.05, 3.63) is 52.3 Å². The summed E-state index contributed by atoms with van der Waals surface area (Å²) in [5.74, 6) is 0. The molecule has 2 aromatic heterocycles. The number of anilines is 2. The molecule has 3 aromatic rings. The lowest BCUT2D eigenvalue weighted by Gasteiger charge is -2.21. The second kappa shape index (κ2) is 5.13. The van der Waals surface area contributed by atoms with Crippen LogP contribution in [-0.4, -0.2) is 12.0 Å². The summed E-state index contributed by atoms with van der Waals surface area (Å²) in [5.41, 5.74) is 9.89. The summed E-state index contributed by atoms with van der Waals surface area (Å²) in [6.07, 6.45) is 0. The molecule has 2 N–H and O–H groups in total. The summed E-state index contributed by atoms with van der Waals surface area (Å²) in [5, 5.41) is 3.21. The highest BCUT2D eigenvalue weighted by molar-refractivity contribution is 7.09. The zero-order valence-electron chi connectivity index (χ0n) is 11.6. The molecule has 0 aliphatic carbocycles. The monoisotopic (exact) mass is 283 g/mol. The number of aryl methyl sites for hydroxylation is 1. The Bertz CT molecular complexity index is 735. The molecule has 1 aromatic carbocycles. The van der Waals surface area contributed by atoms with Crippen molar-refractivity contribution in [1.82, 2.24) is 4.98 Å². The maximum absolute atomic E-state index is 5.92. The molecule has 0 saturated carbocycles. The standard InChI is InChI=1S/C16H17N3S/c1-11-8-16(19(2)10-13-4-3-7-20-13)14-9-12(17)5-6-15(14)18-11/h3-9H,10,17H2,1-2H3. The van der Waals surface area contributed by atoms with E-state index in [1.165, 1.54) is 10.6 Å². The summed E-state index contributed by atoms with van der Waals surface area (Å²) < 4.78 is 0. The first-order valence-corrected chi connectivity index (χ1v) is 7.42. The van der Waals surface area contributed by atoms with Gasteiger partial charge in [0, 0.05) is 34.4 Å². The van der Waals surface area contributed by atoms with E-state index in [1.54, 1.807) is 11.3 Å². The lowest BCUT2D eigenvalue weighted by atomic mass is 10.1. The molecule has 4 heteroatoms. The number of nitrogens with two attached hydrogens (primary N) is 1. The topological polar surface area (TPSA) is 42.1 Å². The highest BCUT2D eigenvalue weighted by atomic mass is 32.1. The first-order valence-electron chi connectivity index (χ1n) is 6.54. The number of thiophene rings is 1. The Morgan fingerprint density at radius 1 is 1.25 bits per heavy atom.